The molecule has 0 radical (unpaired) electrons. The van der Waals surface area contributed by atoms with E-state index < -0.39 is 30.3 Å². The highest BCUT2D eigenvalue weighted by Crippen LogP contribution is 2.24. The molecule has 0 saturated heterocycles. The van der Waals surface area contributed by atoms with Crippen molar-refractivity contribution < 1.29 is 23.9 Å². The van der Waals surface area contributed by atoms with Gasteiger partial charge in [0.2, 0.25) is 0 Å². The summed E-state index contributed by atoms with van der Waals surface area (Å²) in [5.74, 6) is -1.92. The van der Waals surface area contributed by atoms with Crippen LogP contribution in [0, 0.1) is 20.8 Å². The maximum Gasteiger partial charge on any atom is 0.308 e. The highest BCUT2D eigenvalue weighted by Gasteiger charge is 2.35. The van der Waals surface area contributed by atoms with E-state index in [-0.39, 0.29) is 19.0 Å². The lowest BCUT2D eigenvalue weighted by Crippen LogP contribution is -2.34. The number of nitrogens with one attached hydrogen (secondary N) is 1. The molecule has 0 aliphatic carbocycles. The molecule has 1 unspecified atom stereocenters. The zero-order valence-electron chi connectivity index (χ0n) is 18.2. The van der Waals surface area contributed by atoms with Gasteiger partial charge in [0, 0.05) is 6.54 Å². The first-order valence-corrected chi connectivity index (χ1v) is 10.2. The van der Waals surface area contributed by atoms with Crippen molar-refractivity contribution in [3.63, 3.8) is 0 Å². The molecule has 2 aromatic carbocycles. The minimum absolute atomic E-state index is 0.0924. The summed E-state index contributed by atoms with van der Waals surface area (Å²) >= 11 is 0. The number of nitrogens with zero attached hydrogens (tertiary/aromatic N) is 1. The Balaban J connectivity index is 1.46. The second-order valence-corrected chi connectivity index (χ2v) is 7.85. The Morgan fingerprint density at radius 2 is 1.68 bits per heavy atom. The monoisotopic (exact) mass is 422 g/mol. The molecule has 1 N–H and O–H groups in total. The predicted molar refractivity (Wildman–Crippen MR) is 115 cm³/mol. The van der Waals surface area contributed by atoms with Gasteiger partial charge in [0.05, 0.1) is 23.6 Å². The van der Waals surface area contributed by atoms with Crippen molar-refractivity contribution in [1.82, 2.24) is 10.2 Å². The first kappa shape index (κ1) is 22.2. The summed E-state index contributed by atoms with van der Waals surface area (Å²) in [5, 5.41) is 2.79. The van der Waals surface area contributed by atoms with Crippen LogP contribution in [0.3, 0.4) is 0 Å². The van der Waals surface area contributed by atoms with Crippen LogP contribution in [-0.2, 0) is 14.3 Å². The van der Waals surface area contributed by atoms with E-state index in [2.05, 4.69) is 5.32 Å². The van der Waals surface area contributed by atoms with Crippen LogP contribution in [0.4, 0.5) is 0 Å². The van der Waals surface area contributed by atoms with Gasteiger partial charge in [-0.05, 0) is 56.5 Å². The second kappa shape index (κ2) is 9.12. The molecule has 0 fully saturated rings. The van der Waals surface area contributed by atoms with E-state index in [4.69, 9.17) is 4.74 Å². The van der Waals surface area contributed by atoms with Crippen LogP contribution in [0.1, 0.15) is 62.4 Å². The number of aryl methyl sites for hydroxylation is 3. The summed E-state index contributed by atoms with van der Waals surface area (Å²) in [6.07, 6.45) is -0.176. The molecular formula is C24H26N2O5. The van der Waals surface area contributed by atoms with Gasteiger partial charge in [-0.25, -0.2) is 0 Å². The molecule has 7 heteroatoms. The van der Waals surface area contributed by atoms with E-state index >= 15 is 0 Å². The van der Waals surface area contributed by atoms with Crippen LogP contribution < -0.4 is 5.32 Å². The van der Waals surface area contributed by atoms with E-state index in [0.29, 0.717) is 11.1 Å². The van der Waals surface area contributed by atoms with Gasteiger partial charge in [0.25, 0.3) is 17.7 Å². The van der Waals surface area contributed by atoms with E-state index in [1.54, 1.807) is 18.2 Å². The summed E-state index contributed by atoms with van der Waals surface area (Å²) in [5.41, 5.74) is 4.82. The zero-order valence-corrected chi connectivity index (χ0v) is 18.2. The number of hydrogen-bond acceptors (Lipinski definition) is 5. The summed E-state index contributed by atoms with van der Waals surface area (Å²) in [7, 11) is 0. The van der Waals surface area contributed by atoms with Gasteiger partial charge in [-0.1, -0.05) is 29.8 Å². The number of fused-ring (bicyclic) bond motifs is 1. The Bertz CT molecular complexity index is 1060. The molecule has 0 bridgehead atoms. The molecule has 0 spiro atoms. The highest BCUT2D eigenvalue weighted by atomic mass is 16.5. The normalized spacial score (nSPS) is 13.7. The van der Waals surface area contributed by atoms with Crippen molar-refractivity contribution in [1.29, 1.82) is 0 Å². The van der Waals surface area contributed by atoms with E-state index in [0.717, 1.165) is 21.6 Å². The molecule has 1 aliphatic heterocycles. The topological polar surface area (TPSA) is 92.8 Å². The minimum atomic E-state index is -0.651. The molecule has 3 amide bonds. The number of amides is 3. The maximum absolute atomic E-state index is 12.4. The third kappa shape index (κ3) is 4.99. The predicted octanol–water partition coefficient (Wildman–Crippen LogP) is 3.02. The van der Waals surface area contributed by atoms with Crippen LogP contribution in [0.25, 0.3) is 0 Å². The molecule has 2 aromatic rings. The first-order valence-electron chi connectivity index (χ1n) is 10.2. The summed E-state index contributed by atoms with van der Waals surface area (Å²) in [6.45, 7) is 7.20. The molecule has 1 atom stereocenters. The molecule has 1 heterocycles. The lowest BCUT2D eigenvalue weighted by molar-refractivity contribution is -0.148. The number of imide groups is 1. The number of carbonyl (C=O) groups is 4. The molecule has 31 heavy (non-hydrogen) atoms. The van der Waals surface area contributed by atoms with Gasteiger partial charge in [-0.3, -0.25) is 24.1 Å². The van der Waals surface area contributed by atoms with Crippen molar-refractivity contribution >= 4 is 23.7 Å². The van der Waals surface area contributed by atoms with Crippen LogP contribution >= 0.6 is 0 Å². The average Bonchev–Trinajstić information content (AvgIpc) is 2.96. The van der Waals surface area contributed by atoms with Gasteiger partial charge in [0.15, 0.2) is 6.61 Å². The van der Waals surface area contributed by atoms with Crippen molar-refractivity contribution in [3.8, 4) is 0 Å². The molecule has 0 saturated carbocycles. The van der Waals surface area contributed by atoms with Gasteiger partial charge in [-0.15, -0.1) is 0 Å². The van der Waals surface area contributed by atoms with Gasteiger partial charge >= 0.3 is 5.97 Å². The molecule has 0 aromatic heterocycles. The fraction of sp³-hybridized carbons (Fsp3) is 0.333. The fourth-order valence-electron chi connectivity index (χ4n) is 3.43. The molecular weight excluding hydrogens is 396 g/mol. The Morgan fingerprint density at radius 1 is 0.968 bits per heavy atom. The van der Waals surface area contributed by atoms with Gasteiger partial charge in [0.1, 0.15) is 0 Å². The Kier molecular flexibility index (Phi) is 6.53. The van der Waals surface area contributed by atoms with E-state index in [9.17, 15) is 19.2 Å². The molecule has 3 rings (SSSR count). The Hall–Kier alpha value is -3.48. The fourth-order valence-corrected chi connectivity index (χ4v) is 3.43. The van der Waals surface area contributed by atoms with Crippen molar-refractivity contribution in [2.24, 2.45) is 0 Å². The van der Waals surface area contributed by atoms with Gasteiger partial charge < -0.3 is 10.1 Å². The third-order valence-electron chi connectivity index (χ3n) is 5.44. The number of esters is 1. The second-order valence-electron chi connectivity index (χ2n) is 7.85. The number of carbonyl (C=O) groups excluding carboxylic acids is 4. The minimum Gasteiger partial charge on any atom is -0.456 e. The zero-order chi connectivity index (χ0) is 22.7. The van der Waals surface area contributed by atoms with Gasteiger partial charge in [-0.2, -0.15) is 0 Å². The lowest BCUT2D eigenvalue weighted by Gasteiger charge is -2.16. The van der Waals surface area contributed by atoms with Crippen LogP contribution in [0.5, 0.6) is 0 Å². The summed E-state index contributed by atoms with van der Waals surface area (Å²) in [4.78, 5) is 50.0. The highest BCUT2D eigenvalue weighted by molar-refractivity contribution is 6.21. The molecule has 7 nitrogen and oxygen atoms in total. The average molecular weight is 422 g/mol. The lowest BCUT2D eigenvalue weighted by atomic mass is 10.0. The van der Waals surface area contributed by atoms with Crippen LogP contribution in [0.2, 0.25) is 0 Å². The number of rotatable bonds is 7. The Labute approximate surface area is 181 Å². The van der Waals surface area contributed by atoms with Crippen LogP contribution in [0.15, 0.2) is 36.4 Å². The SMILES string of the molecule is Cc1ccc2c(c1)C(=O)N(CCC(=O)OCC(=O)NC(C)c1ccc(C)c(C)c1)C2=O. The van der Waals surface area contributed by atoms with Crippen LogP contribution in [-0.4, -0.2) is 41.7 Å². The first-order chi connectivity index (χ1) is 14.7. The third-order valence-corrected chi connectivity index (χ3v) is 5.44. The largest absolute Gasteiger partial charge is 0.456 e. The number of benzene rings is 2. The Morgan fingerprint density at radius 3 is 2.39 bits per heavy atom. The molecule has 1 aliphatic rings. The van der Waals surface area contributed by atoms with Crippen molar-refractivity contribution in [2.75, 3.05) is 13.2 Å². The quantitative estimate of drug-likeness (QED) is 0.547. The number of ether oxygens (including phenoxy) is 1. The standard InChI is InChI=1S/C24H26N2O5/c1-14-5-8-19-20(11-14)24(30)26(23(19)29)10-9-22(28)31-13-21(27)25-17(4)18-7-6-15(2)16(3)12-18/h5-8,11-12,17H,9-10,13H2,1-4H3,(H,25,27). The van der Waals surface area contributed by atoms with E-state index in [1.807, 2.05) is 45.9 Å². The molecule has 162 valence electrons. The maximum atomic E-state index is 12.4. The van der Waals surface area contributed by atoms with Crippen molar-refractivity contribution in [3.05, 3.63) is 69.8 Å². The number of hydrogen-bond donors (Lipinski definition) is 1. The summed E-state index contributed by atoms with van der Waals surface area (Å²) in [6, 6.07) is 10.8. The van der Waals surface area contributed by atoms with E-state index in [1.165, 1.54) is 5.56 Å². The summed E-state index contributed by atoms with van der Waals surface area (Å²) < 4.78 is 5.01. The van der Waals surface area contributed by atoms with Crippen molar-refractivity contribution in [2.45, 2.75) is 40.2 Å². The smallest absolute Gasteiger partial charge is 0.308 e.